The minimum atomic E-state index is -0.224. The van der Waals surface area contributed by atoms with Crippen molar-refractivity contribution < 1.29 is 4.74 Å². The third-order valence-corrected chi connectivity index (χ3v) is 2.52. The van der Waals surface area contributed by atoms with Crippen LogP contribution in [-0.4, -0.2) is 28.2 Å². The van der Waals surface area contributed by atoms with Gasteiger partial charge in [-0.05, 0) is 27.7 Å². The van der Waals surface area contributed by atoms with E-state index in [0.29, 0.717) is 12.5 Å². The van der Waals surface area contributed by atoms with Gasteiger partial charge in [-0.3, -0.25) is 0 Å². The van der Waals surface area contributed by atoms with Gasteiger partial charge in [0, 0.05) is 17.6 Å². The minimum absolute atomic E-state index is 0.0120. The van der Waals surface area contributed by atoms with Gasteiger partial charge in [-0.1, -0.05) is 0 Å². The molecular weight excluding hydrogens is 204 g/mol. The van der Waals surface area contributed by atoms with E-state index in [0.717, 1.165) is 5.82 Å². The van der Waals surface area contributed by atoms with Crippen molar-refractivity contribution in [3.63, 3.8) is 0 Å². The van der Waals surface area contributed by atoms with Crippen molar-refractivity contribution >= 4 is 5.82 Å². The molecule has 0 aliphatic heterocycles. The maximum absolute atomic E-state index is 5.88. The summed E-state index contributed by atoms with van der Waals surface area (Å²) in [5, 5.41) is 3.26. The average Bonchev–Trinajstić information content (AvgIpc) is 2.17. The monoisotopic (exact) mass is 224 g/mol. The number of aromatic nitrogens is 2. The molecule has 0 aromatic carbocycles. The van der Waals surface area contributed by atoms with Crippen molar-refractivity contribution in [2.24, 2.45) is 5.73 Å². The molecule has 90 valence electrons. The van der Waals surface area contributed by atoms with E-state index < -0.39 is 0 Å². The Labute approximate surface area is 96.4 Å². The fraction of sp³-hybridized carbons (Fsp3) is 0.636. The number of hydrogen-bond acceptors (Lipinski definition) is 5. The van der Waals surface area contributed by atoms with Gasteiger partial charge in [0.05, 0.1) is 6.61 Å². The Morgan fingerprint density at radius 1 is 1.50 bits per heavy atom. The number of hydrogen-bond donors (Lipinski definition) is 2. The normalized spacial score (nSPS) is 13.3. The quantitative estimate of drug-likeness (QED) is 0.791. The molecule has 1 rings (SSSR count). The van der Waals surface area contributed by atoms with Crippen LogP contribution in [0.1, 0.15) is 27.7 Å². The van der Waals surface area contributed by atoms with Crippen LogP contribution in [0.25, 0.3) is 0 Å². The zero-order valence-electron chi connectivity index (χ0n) is 10.3. The lowest BCUT2D eigenvalue weighted by molar-refractivity contribution is 0.326. The van der Waals surface area contributed by atoms with Gasteiger partial charge in [-0.15, -0.1) is 0 Å². The second kappa shape index (κ2) is 5.12. The molecule has 1 unspecified atom stereocenters. The van der Waals surface area contributed by atoms with Crippen LogP contribution in [0.3, 0.4) is 0 Å². The first-order valence-electron chi connectivity index (χ1n) is 5.44. The summed E-state index contributed by atoms with van der Waals surface area (Å²) in [6.45, 7) is 8.52. The van der Waals surface area contributed by atoms with E-state index >= 15 is 0 Å². The van der Waals surface area contributed by atoms with E-state index in [2.05, 4.69) is 15.3 Å². The molecular formula is C11H20N4O. The highest BCUT2D eigenvalue weighted by atomic mass is 16.5. The Kier molecular flexibility index (Phi) is 4.06. The van der Waals surface area contributed by atoms with Gasteiger partial charge in [0.15, 0.2) is 0 Å². The number of rotatable bonds is 5. The standard InChI is InChI=1S/C11H20N4O/c1-5-16-10-6-9(13-7-14-10)15-11(3,4)8(2)12/h6-8H,5,12H2,1-4H3,(H,13,14,15). The molecule has 0 radical (unpaired) electrons. The van der Waals surface area contributed by atoms with Crippen molar-refractivity contribution in [2.75, 3.05) is 11.9 Å². The highest BCUT2D eigenvalue weighted by Crippen LogP contribution is 2.17. The maximum atomic E-state index is 5.88. The summed E-state index contributed by atoms with van der Waals surface area (Å²) in [5.74, 6) is 1.29. The van der Waals surface area contributed by atoms with Crippen LogP contribution in [0.15, 0.2) is 12.4 Å². The molecule has 0 bridgehead atoms. The zero-order chi connectivity index (χ0) is 12.2. The van der Waals surface area contributed by atoms with Gasteiger partial charge in [0.1, 0.15) is 12.1 Å². The summed E-state index contributed by atoms with van der Waals surface area (Å²) in [4.78, 5) is 8.13. The van der Waals surface area contributed by atoms with Crippen LogP contribution in [0, 0.1) is 0 Å². The second-order valence-electron chi connectivity index (χ2n) is 4.31. The molecule has 0 aliphatic rings. The predicted octanol–water partition coefficient (Wildman–Crippen LogP) is 1.41. The van der Waals surface area contributed by atoms with Crippen molar-refractivity contribution in [1.82, 2.24) is 9.97 Å². The number of nitrogens with one attached hydrogen (secondary N) is 1. The highest BCUT2D eigenvalue weighted by molar-refractivity contribution is 5.40. The summed E-state index contributed by atoms with van der Waals surface area (Å²) in [6, 6.07) is 1.78. The van der Waals surface area contributed by atoms with Crippen molar-refractivity contribution in [3.05, 3.63) is 12.4 Å². The van der Waals surface area contributed by atoms with Crippen LogP contribution in [0.4, 0.5) is 5.82 Å². The van der Waals surface area contributed by atoms with E-state index in [1.807, 2.05) is 27.7 Å². The summed E-state index contributed by atoms with van der Waals surface area (Å²) in [7, 11) is 0. The first-order valence-corrected chi connectivity index (χ1v) is 5.44. The lowest BCUT2D eigenvalue weighted by atomic mass is 9.97. The van der Waals surface area contributed by atoms with Crippen LogP contribution in [-0.2, 0) is 0 Å². The molecule has 16 heavy (non-hydrogen) atoms. The average molecular weight is 224 g/mol. The highest BCUT2D eigenvalue weighted by Gasteiger charge is 2.22. The summed E-state index contributed by atoms with van der Waals surface area (Å²) >= 11 is 0. The van der Waals surface area contributed by atoms with Gasteiger partial charge in [-0.25, -0.2) is 9.97 Å². The summed E-state index contributed by atoms with van der Waals surface area (Å²) in [5.41, 5.74) is 5.65. The molecule has 1 heterocycles. The van der Waals surface area contributed by atoms with Crippen LogP contribution in [0.5, 0.6) is 5.88 Å². The molecule has 0 aliphatic carbocycles. The first-order chi connectivity index (χ1) is 7.45. The molecule has 0 amide bonds. The van der Waals surface area contributed by atoms with Crippen LogP contribution >= 0.6 is 0 Å². The molecule has 0 saturated carbocycles. The van der Waals surface area contributed by atoms with Crippen LogP contribution < -0.4 is 15.8 Å². The molecule has 0 spiro atoms. The Balaban J connectivity index is 2.77. The van der Waals surface area contributed by atoms with E-state index in [1.165, 1.54) is 6.33 Å². The van der Waals surface area contributed by atoms with E-state index in [4.69, 9.17) is 10.5 Å². The Hall–Kier alpha value is -1.36. The van der Waals surface area contributed by atoms with E-state index in [1.54, 1.807) is 6.07 Å². The SMILES string of the molecule is CCOc1cc(NC(C)(C)C(C)N)ncn1. The smallest absolute Gasteiger partial charge is 0.218 e. The topological polar surface area (TPSA) is 73.1 Å². The minimum Gasteiger partial charge on any atom is -0.478 e. The van der Waals surface area contributed by atoms with Crippen molar-refractivity contribution in [1.29, 1.82) is 0 Å². The molecule has 3 N–H and O–H groups in total. The molecule has 1 aromatic heterocycles. The van der Waals surface area contributed by atoms with E-state index in [-0.39, 0.29) is 11.6 Å². The van der Waals surface area contributed by atoms with Crippen molar-refractivity contribution in [3.8, 4) is 5.88 Å². The van der Waals surface area contributed by atoms with Crippen molar-refractivity contribution in [2.45, 2.75) is 39.3 Å². The molecule has 1 aromatic rings. The maximum Gasteiger partial charge on any atom is 0.218 e. The van der Waals surface area contributed by atoms with E-state index in [9.17, 15) is 0 Å². The molecule has 5 heteroatoms. The van der Waals surface area contributed by atoms with Gasteiger partial charge in [0.2, 0.25) is 5.88 Å². The fourth-order valence-electron chi connectivity index (χ4n) is 1.08. The van der Waals surface area contributed by atoms with Gasteiger partial charge >= 0.3 is 0 Å². The molecule has 5 nitrogen and oxygen atoms in total. The summed E-state index contributed by atoms with van der Waals surface area (Å²) in [6.07, 6.45) is 1.48. The summed E-state index contributed by atoms with van der Waals surface area (Å²) < 4.78 is 5.30. The predicted molar refractivity (Wildman–Crippen MR) is 64.6 cm³/mol. The zero-order valence-corrected chi connectivity index (χ0v) is 10.3. The molecule has 0 saturated heterocycles. The number of ether oxygens (including phenoxy) is 1. The Bertz CT molecular complexity index is 339. The number of nitrogens with zero attached hydrogens (tertiary/aromatic N) is 2. The third kappa shape index (κ3) is 3.34. The Morgan fingerprint density at radius 2 is 2.19 bits per heavy atom. The lowest BCUT2D eigenvalue weighted by Crippen LogP contribution is -2.47. The Morgan fingerprint density at radius 3 is 2.75 bits per heavy atom. The number of nitrogens with two attached hydrogens (primary N) is 1. The largest absolute Gasteiger partial charge is 0.478 e. The fourth-order valence-corrected chi connectivity index (χ4v) is 1.08. The first kappa shape index (κ1) is 12.7. The lowest BCUT2D eigenvalue weighted by Gasteiger charge is -2.30. The van der Waals surface area contributed by atoms with Gasteiger partial charge in [0.25, 0.3) is 0 Å². The number of anilines is 1. The molecule has 0 fully saturated rings. The third-order valence-electron chi connectivity index (χ3n) is 2.52. The van der Waals surface area contributed by atoms with Gasteiger partial charge in [-0.2, -0.15) is 0 Å². The van der Waals surface area contributed by atoms with Gasteiger partial charge < -0.3 is 15.8 Å². The van der Waals surface area contributed by atoms with Crippen LogP contribution in [0.2, 0.25) is 0 Å². The molecule has 1 atom stereocenters. The second-order valence-corrected chi connectivity index (χ2v) is 4.31.